The summed E-state index contributed by atoms with van der Waals surface area (Å²) in [5, 5.41) is 0. The van der Waals surface area contributed by atoms with E-state index in [1.165, 1.54) is 7.11 Å². The van der Waals surface area contributed by atoms with Gasteiger partial charge < -0.3 is 14.4 Å². The Balaban J connectivity index is 2.39. The molecule has 0 bridgehead atoms. The summed E-state index contributed by atoms with van der Waals surface area (Å²) in [7, 11) is 3.43. The van der Waals surface area contributed by atoms with Crippen molar-refractivity contribution < 1.29 is 14.3 Å². The highest BCUT2D eigenvalue weighted by Crippen LogP contribution is 2.24. The van der Waals surface area contributed by atoms with Crippen molar-refractivity contribution in [2.45, 2.75) is 32.6 Å². The number of fused-ring (bicyclic) bond motifs is 1. The number of unbranched alkanes of at least 4 members (excludes halogenated alkanes) is 1. The van der Waals surface area contributed by atoms with Crippen LogP contribution in [0.4, 0.5) is 5.82 Å². The summed E-state index contributed by atoms with van der Waals surface area (Å²) < 4.78 is 10.4. The average molecular weight is 292 g/mol. The summed E-state index contributed by atoms with van der Waals surface area (Å²) >= 11 is 0. The van der Waals surface area contributed by atoms with Crippen molar-refractivity contribution >= 4 is 11.8 Å². The number of pyridine rings is 1. The van der Waals surface area contributed by atoms with E-state index in [1.54, 1.807) is 0 Å². The summed E-state index contributed by atoms with van der Waals surface area (Å²) in [6.07, 6.45) is 3.69. The Bertz CT molecular complexity index is 503. The lowest BCUT2D eigenvalue weighted by Crippen LogP contribution is -2.22. The highest BCUT2D eigenvalue weighted by atomic mass is 16.5. The number of carbonyl (C=O) groups is 1. The third-order valence-electron chi connectivity index (χ3n) is 3.82. The summed E-state index contributed by atoms with van der Waals surface area (Å²) in [4.78, 5) is 18.9. The Hall–Kier alpha value is -1.62. The number of methoxy groups -OCH3 is 1. The van der Waals surface area contributed by atoms with Gasteiger partial charge in [-0.3, -0.25) is 0 Å². The first-order valence-corrected chi connectivity index (χ1v) is 7.57. The number of hydrogen-bond acceptors (Lipinski definition) is 5. The fourth-order valence-corrected chi connectivity index (χ4v) is 2.54. The van der Waals surface area contributed by atoms with E-state index < -0.39 is 0 Å². The molecule has 0 spiro atoms. The normalized spacial score (nSPS) is 14.2. The van der Waals surface area contributed by atoms with Crippen molar-refractivity contribution in [2.75, 3.05) is 38.8 Å². The molecule has 1 aromatic heterocycles. The van der Waals surface area contributed by atoms with Crippen LogP contribution in [0, 0.1) is 0 Å². The molecule has 5 heteroatoms. The van der Waals surface area contributed by atoms with Gasteiger partial charge >= 0.3 is 5.97 Å². The second kappa shape index (κ2) is 7.41. The predicted molar refractivity (Wildman–Crippen MR) is 82.0 cm³/mol. The summed E-state index contributed by atoms with van der Waals surface area (Å²) in [6, 6.07) is 1.85. The monoisotopic (exact) mass is 292 g/mol. The van der Waals surface area contributed by atoms with Crippen LogP contribution in [0.3, 0.4) is 0 Å². The van der Waals surface area contributed by atoms with E-state index in [0.717, 1.165) is 42.9 Å². The highest BCUT2D eigenvalue weighted by Gasteiger charge is 2.21. The van der Waals surface area contributed by atoms with Gasteiger partial charge in [-0.15, -0.1) is 0 Å². The van der Waals surface area contributed by atoms with Crippen molar-refractivity contribution in [3.63, 3.8) is 0 Å². The SMILES string of the molecule is CCCCN(C)c1cc(C(=O)OC)c2c(n1)CCOCC2. The molecule has 2 rings (SSSR count). The van der Waals surface area contributed by atoms with Gasteiger partial charge in [0.05, 0.1) is 25.9 Å². The standard InChI is InChI=1S/C16H24N2O3/c1-4-5-8-18(2)15-11-13(16(19)20-3)12-6-9-21-10-7-14(12)17-15/h11H,4-10H2,1-3H3. The molecule has 1 aromatic rings. The number of ether oxygens (including phenoxy) is 2. The number of anilines is 1. The Morgan fingerprint density at radius 2 is 2.19 bits per heavy atom. The van der Waals surface area contributed by atoms with Gasteiger partial charge in [0.2, 0.25) is 0 Å². The first-order valence-electron chi connectivity index (χ1n) is 7.57. The van der Waals surface area contributed by atoms with Crippen molar-refractivity contribution in [1.29, 1.82) is 0 Å². The minimum Gasteiger partial charge on any atom is -0.465 e. The van der Waals surface area contributed by atoms with Crippen LogP contribution in [0.25, 0.3) is 0 Å². The summed E-state index contributed by atoms with van der Waals surface area (Å²) in [5.74, 6) is 0.546. The fraction of sp³-hybridized carbons (Fsp3) is 0.625. The van der Waals surface area contributed by atoms with E-state index >= 15 is 0 Å². The minimum atomic E-state index is -0.291. The van der Waals surface area contributed by atoms with Crippen LogP contribution in [0.1, 0.15) is 41.4 Å². The zero-order valence-corrected chi connectivity index (χ0v) is 13.1. The molecule has 116 valence electrons. The van der Waals surface area contributed by atoms with Gasteiger partial charge in [-0.25, -0.2) is 9.78 Å². The molecule has 0 atom stereocenters. The first-order chi connectivity index (χ1) is 10.2. The lowest BCUT2D eigenvalue weighted by molar-refractivity contribution is 0.0599. The zero-order chi connectivity index (χ0) is 15.2. The third kappa shape index (κ3) is 3.73. The van der Waals surface area contributed by atoms with Crippen molar-refractivity contribution in [1.82, 2.24) is 4.98 Å². The maximum Gasteiger partial charge on any atom is 0.338 e. The number of aromatic nitrogens is 1. The van der Waals surface area contributed by atoms with Gasteiger partial charge in [-0.05, 0) is 24.5 Å². The van der Waals surface area contributed by atoms with Crippen LogP contribution in [0.2, 0.25) is 0 Å². The van der Waals surface area contributed by atoms with Gasteiger partial charge in [-0.1, -0.05) is 13.3 Å². The van der Waals surface area contributed by atoms with Crippen LogP contribution in [0.15, 0.2) is 6.07 Å². The molecule has 0 amide bonds. The predicted octanol–water partition coefficient (Wildman–Crippen LogP) is 2.22. The number of esters is 1. The lowest BCUT2D eigenvalue weighted by atomic mass is 10.0. The van der Waals surface area contributed by atoms with Crippen LogP contribution in [0.5, 0.6) is 0 Å². The molecule has 0 N–H and O–H groups in total. The number of carbonyl (C=O) groups excluding carboxylic acids is 1. The quantitative estimate of drug-likeness (QED) is 0.779. The van der Waals surface area contributed by atoms with Gasteiger partial charge in [-0.2, -0.15) is 0 Å². The van der Waals surface area contributed by atoms with E-state index in [-0.39, 0.29) is 5.97 Å². The maximum atomic E-state index is 12.1. The van der Waals surface area contributed by atoms with Crippen molar-refractivity contribution in [3.05, 3.63) is 22.9 Å². The minimum absolute atomic E-state index is 0.291. The molecule has 1 aliphatic rings. The number of rotatable bonds is 5. The van der Waals surface area contributed by atoms with Gasteiger partial charge in [0.1, 0.15) is 5.82 Å². The number of nitrogens with zero attached hydrogens (tertiary/aromatic N) is 2. The molecular formula is C16H24N2O3. The van der Waals surface area contributed by atoms with Gasteiger partial charge in [0.15, 0.2) is 0 Å². The maximum absolute atomic E-state index is 12.1. The molecule has 5 nitrogen and oxygen atoms in total. The van der Waals surface area contributed by atoms with E-state index in [2.05, 4.69) is 11.8 Å². The Labute approximate surface area is 126 Å². The molecule has 0 aliphatic carbocycles. The second-order valence-electron chi connectivity index (χ2n) is 5.33. The van der Waals surface area contributed by atoms with E-state index in [4.69, 9.17) is 14.5 Å². The van der Waals surface area contributed by atoms with Crippen LogP contribution in [-0.4, -0.2) is 44.9 Å². The Morgan fingerprint density at radius 1 is 1.43 bits per heavy atom. The van der Waals surface area contributed by atoms with E-state index in [9.17, 15) is 4.79 Å². The van der Waals surface area contributed by atoms with Crippen molar-refractivity contribution in [2.24, 2.45) is 0 Å². The van der Waals surface area contributed by atoms with Crippen LogP contribution in [-0.2, 0) is 22.3 Å². The van der Waals surface area contributed by atoms with Gasteiger partial charge in [0, 0.05) is 25.7 Å². The van der Waals surface area contributed by atoms with E-state index in [0.29, 0.717) is 25.2 Å². The molecule has 0 fully saturated rings. The Morgan fingerprint density at radius 3 is 2.90 bits per heavy atom. The third-order valence-corrected chi connectivity index (χ3v) is 3.82. The van der Waals surface area contributed by atoms with E-state index in [1.807, 2.05) is 13.1 Å². The fourth-order valence-electron chi connectivity index (χ4n) is 2.54. The molecule has 0 unspecified atom stereocenters. The van der Waals surface area contributed by atoms with Crippen molar-refractivity contribution in [3.8, 4) is 0 Å². The smallest absolute Gasteiger partial charge is 0.338 e. The number of hydrogen-bond donors (Lipinski definition) is 0. The molecule has 21 heavy (non-hydrogen) atoms. The first kappa shape index (κ1) is 15.8. The molecular weight excluding hydrogens is 268 g/mol. The van der Waals surface area contributed by atoms with Crippen LogP contribution >= 0.6 is 0 Å². The molecule has 1 aliphatic heterocycles. The lowest BCUT2D eigenvalue weighted by Gasteiger charge is -2.21. The summed E-state index contributed by atoms with van der Waals surface area (Å²) in [5.41, 5.74) is 2.58. The average Bonchev–Trinajstić information content (AvgIpc) is 2.75. The molecule has 0 saturated carbocycles. The largest absolute Gasteiger partial charge is 0.465 e. The molecule has 0 radical (unpaired) electrons. The molecule has 0 aromatic carbocycles. The topological polar surface area (TPSA) is 51.7 Å². The Kier molecular flexibility index (Phi) is 5.56. The zero-order valence-electron chi connectivity index (χ0n) is 13.1. The molecule has 0 saturated heterocycles. The van der Waals surface area contributed by atoms with Crippen LogP contribution < -0.4 is 4.90 Å². The summed E-state index contributed by atoms with van der Waals surface area (Å²) in [6.45, 7) is 4.38. The van der Waals surface area contributed by atoms with Gasteiger partial charge in [0.25, 0.3) is 0 Å². The highest BCUT2D eigenvalue weighted by molar-refractivity contribution is 5.92. The molecule has 2 heterocycles. The second-order valence-corrected chi connectivity index (χ2v) is 5.33.